The van der Waals surface area contributed by atoms with Crippen molar-refractivity contribution in [2.45, 2.75) is 0 Å². The number of methoxy groups -OCH3 is 1. The molecule has 0 saturated heterocycles. The highest BCUT2D eigenvalue weighted by Gasteiger charge is 2.25. The highest BCUT2D eigenvalue weighted by atomic mass is 19.1. The van der Waals surface area contributed by atoms with Gasteiger partial charge in [0, 0.05) is 19.2 Å². The van der Waals surface area contributed by atoms with Gasteiger partial charge in [0.15, 0.2) is 5.69 Å². The lowest BCUT2D eigenvalue weighted by molar-refractivity contribution is 0.0593. The van der Waals surface area contributed by atoms with Crippen LogP contribution in [0.25, 0.3) is 5.69 Å². The zero-order chi connectivity index (χ0) is 19.6. The summed E-state index contributed by atoms with van der Waals surface area (Å²) in [6, 6.07) is 12.7. The summed E-state index contributed by atoms with van der Waals surface area (Å²) >= 11 is 0. The lowest BCUT2D eigenvalue weighted by atomic mass is 10.2. The van der Waals surface area contributed by atoms with E-state index >= 15 is 0 Å². The van der Waals surface area contributed by atoms with Gasteiger partial charge in [-0.25, -0.2) is 18.3 Å². The minimum Gasteiger partial charge on any atom is -0.464 e. The molecule has 138 valence electrons. The quantitative estimate of drug-likeness (QED) is 0.661. The van der Waals surface area contributed by atoms with Crippen LogP contribution in [0.2, 0.25) is 0 Å². The molecule has 0 saturated carbocycles. The maximum atomic E-state index is 14.1. The molecule has 0 radical (unpaired) electrons. The molecule has 8 heteroatoms. The predicted molar refractivity (Wildman–Crippen MR) is 94.0 cm³/mol. The van der Waals surface area contributed by atoms with E-state index in [1.165, 1.54) is 24.9 Å². The first-order chi connectivity index (χ1) is 12.9. The molecule has 0 aliphatic rings. The molecule has 1 heterocycles. The molecular formula is C19H15F2N3O3. The fraction of sp³-hybridized carbons (Fsp3) is 0.105. The number of esters is 1. The smallest absolute Gasteiger partial charge is 0.358 e. The standard InChI is InChI=1S/C19H15F2N3O3/c1-23(16-10-12(20)8-9-14(16)21)18(25)17-11-15(19(26)27-2)22-24(17)13-6-4-3-5-7-13/h3-11H,1-2H3. The third-order valence-corrected chi connectivity index (χ3v) is 3.90. The zero-order valence-corrected chi connectivity index (χ0v) is 14.5. The van der Waals surface area contributed by atoms with Gasteiger partial charge in [0.05, 0.1) is 18.5 Å². The van der Waals surface area contributed by atoms with Crippen molar-refractivity contribution in [2.75, 3.05) is 19.1 Å². The van der Waals surface area contributed by atoms with Crippen molar-refractivity contribution in [3.05, 3.63) is 77.6 Å². The van der Waals surface area contributed by atoms with Gasteiger partial charge < -0.3 is 9.64 Å². The Bertz CT molecular complexity index is 1000. The number of hydrogen-bond donors (Lipinski definition) is 0. The van der Waals surface area contributed by atoms with E-state index in [4.69, 9.17) is 0 Å². The van der Waals surface area contributed by atoms with Crippen LogP contribution < -0.4 is 4.90 Å². The first-order valence-electron chi connectivity index (χ1n) is 7.89. The van der Waals surface area contributed by atoms with E-state index in [0.29, 0.717) is 5.69 Å². The van der Waals surface area contributed by atoms with Gasteiger partial charge in [-0.1, -0.05) is 18.2 Å². The molecule has 0 aliphatic heterocycles. The van der Waals surface area contributed by atoms with Crippen molar-refractivity contribution in [3.8, 4) is 5.69 Å². The van der Waals surface area contributed by atoms with Crippen LogP contribution in [0.3, 0.4) is 0 Å². The average Bonchev–Trinajstić information content (AvgIpc) is 3.14. The van der Waals surface area contributed by atoms with Gasteiger partial charge in [-0.15, -0.1) is 0 Å². The second-order valence-corrected chi connectivity index (χ2v) is 5.61. The molecular weight excluding hydrogens is 356 g/mol. The van der Waals surface area contributed by atoms with E-state index < -0.39 is 23.5 Å². The minimum atomic E-state index is -0.758. The van der Waals surface area contributed by atoms with Crippen molar-refractivity contribution in [2.24, 2.45) is 0 Å². The summed E-state index contributed by atoms with van der Waals surface area (Å²) in [5.41, 5.74) is 0.190. The summed E-state index contributed by atoms with van der Waals surface area (Å²) in [4.78, 5) is 25.7. The Kier molecular flexibility index (Phi) is 4.98. The maximum absolute atomic E-state index is 14.1. The van der Waals surface area contributed by atoms with Crippen LogP contribution >= 0.6 is 0 Å². The third kappa shape index (κ3) is 3.55. The Balaban J connectivity index is 2.09. The van der Waals surface area contributed by atoms with Crippen LogP contribution in [0.5, 0.6) is 0 Å². The molecule has 0 fully saturated rings. The molecule has 0 spiro atoms. The Morgan fingerprint density at radius 2 is 1.78 bits per heavy atom. The van der Waals surface area contributed by atoms with Gasteiger partial charge in [0.25, 0.3) is 5.91 Å². The van der Waals surface area contributed by atoms with E-state index in [2.05, 4.69) is 9.84 Å². The topological polar surface area (TPSA) is 64.4 Å². The second-order valence-electron chi connectivity index (χ2n) is 5.61. The van der Waals surface area contributed by atoms with Crippen LogP contribution in [-0.4, -0.2) is 35.8 Å². The van der Waals surface area contributed by atoms with Crippen LogP contribution in [0.1, 0.15) is 21.0 Å². The Morgan fingerprint density at radius 3 is 2.44 bits per heavy atom. The number of halogens is 2. The number of nitrogens with zero attached hydrogens (tertiary/aromatic N) is 3. The highest BCUT2D eigenvalue weighted by molar-refractivity contribution is 6.06. The van der Waals surface area contributed by atoms with E-state index in [0.717, 1.165) is 23.1 Å². The van der Waals surface area contributed by atoms with Crippen LogP contribution in [0, 0.1) is 11.6 Å². The van der Waals surface area contributed by atoms with Crippen molar-refractivity contribution < 1.29 is 23.1 Å². The summed E-state index contributed by atoms with van der Waals surface area (Å²) < 4.78 is 33.4. The fourth-order valence-electron chi connectivity index (χ4n) is 2.53. The molecule has 0 aliphatic carbocycles. The molecule has 2 aromatic carbocycles. The minimum absolute atomic E-state index is 0.00670. The maximum Gasteiger partial charge on any atom is 0.358 e. The first-order valence-corrected chi connectivity index (χ1v) is 7.89. The first kappa shape index (κ1) is 18.2. The summed E-state index contributed by atoms with van der Waals surface area (Å²) in [7, 11) is 2.50. The van der Waals surface area contributed by atoms with E-state index in [9.17, 15) is 18.4 Å². The molecule has 0 unspecified atom stereocenters. The molecule has 0 atom stereocenters. The third-order valence-electron chi connectivity index (χ3n) is 3.90. The van der Waals surface area contributed by atoms with Crippen LogP contribution in [0.15, 0.2) is 54.6 Å². The number of aromatic nitrogens is 2. The summed E-state index contributed by atoms with van der Waals surface area (Å²) in [5.74, 6) is -2.84. The molecule has 1 aromatic heterocycles. The van der Waals surface area contributed by atoms with E-state index in [1.807, 2.05) is 0 Å². The number of rotatable bonds is 4. The molecule has 0 bridgehead atoms. The monoisotopic (exact) mass is 371 g/mol. The van der Waals surface area contributed by atoms with Crippen LogP contribution in [-0.2, 0) is 4.74 Å². The van der Waals surface area contributed by atoms with Crippen molar-refractivity contribution in [1.82, 2.24) is 9.78 Å². The predicted octanol–water partition coefficient (Wildman–Crippen LogP) is 3.21. The number of carbonyl (C=O) groups excluding carboxylic acids is 2. The summed E-state index contributed by atoms with van der Waals surface area (Å²) in [6.07, 6.45) is 0. The van der Waals surface area contributed by atoms with E-state index in [1.54, 1.807) is 30.3 Å². The number of hydrogen-bond acceptors (Lipinski definition) is 4. The van der Waals surface area contributed by atoms with Crippen molar-refractivity contribution in [3.63, 3.8) is 0 Å². The molecule has 3 rings (SSSR count). The van der Waals surface area contributed by atoms with Gasteiger partial charge in [-0.05, 0) is 24.3 Å². The second kappa shape index (κ2) is 7.36. The summed E-state index contributed by atoms with van der Waals surface area (Å²) in [5, 5.41) is 4.12. The average molecular weight is 371 g/mol. The van der Waals surface area contributed by atoms with E-state index in [-0.39, 0.29) is 17.1 Å². The van der Waals surface area contributed by atoms with Gasteiger partial charge in [0.1, 0.15) is 17.3 Å². The zero-order valence-electron chi connectivity index (χ0n) is 14.5. The SMILES string of the molecule is COC(=O)c1cc(C(=O)N(C)c2cc(F)ccc2F)n(-c2ccccc2)n1. The molecule has 1 amide bonds. The lowest BCUT2D eigenvalue weighted by Crippen LogP contribution is -2.29. The summed E-state index contributed by atoms with van der Waals surface area (Å²) in [6.45, 7) is 0. The Morgan fingerprint density at radius 1 is 1.07 bits per heavy atom. The Labute approximate surface area is 153 Å². The highest BCUT2D eigenvalue weighted by Crippen LogP contribution is 2.23. The molecule has 0 N–H and O–H groups in total. The number of amides is 1. The van der Waals surface area contributed by atoms with Gasteiger partial charge in [-0.3, -0.25) is 4.79 Å². The number of benzene rings is 2. The fourth-order valence-corrected chi connectivity index (χ4v) is 2.53. The van der Waals surface area contributed by atoms with Gasteiger partial charge >= 0.3 is 5.97 Å². The molecule has 3 aromatic rings. The number of para-hydroxylation sites is 1. The van der Waals surface area contributed by atoms with Crippen molar-refractivity contribution >= 4 is 17.6 Å². The number of ether oxygens (including phenoxy) is 1. The molecule has 6 nitrogen and oxygen atoms in total. The molecule has 27 heavy (non-hydrogen) atoms. The van der Waals surface area contributed by atoms with Crippen LogP contribution in [0.4, 0.5) is 14.5 Å². The van der Waals surface area contributed by atoms with Crippen molar-refractivity contribution in [1.29, 1.82) is 0 Å². The lowest BCUT2D eigenvalue weighted by Gasteiger charge is -2.18. The Hall–Kier alpha value is -3.55. The van der Waals surface area contributed by atoms with Gasteiger partial charge in [0.2, 0.25) is 0 Å². The van der Waals surface area contributed by atoms with Gasteiger partial charge in [-0.2, -0.15) is 5.10 Å². The number of carbonyl (C=O) groups is 2. The number of anilines is 1. The largest absolute Gasteiger partial charge is 0.464 e. The normalized spacial score (nSPS) is 10.5.